The molecule has 1 aliphatic heterocycles. The van der Waals surface area contributed by atoms with Crippen LogP contribution in [-0.2, 0) is 4.79 Å². The lowest BCUT2D eigenvalue weighted by Gasteiger charge is -2.30. The number of allylic oxidation sites excluding steroid dienone is 1. The maximum atomic E-state index is 13.8. The summed E-state index contributed by atoms with van der Waals surface area (Å²) in [6.07, 6.45) is 1.23. The molecular formula is C30H31BrN2O3. The molecule has 3 aromatic rings. The first-order valence-electron chi connectivity index (χ1n) is 12.4. The number of carbonyl (C=O) groups is 1. The Hall–Kier alpha value is -3.25. The van der Waals surface area contributed by atoms with Crippen molar-refractivity contribution in [1.29, 1.82) is 0 Å². The highest BCUT2D eigenvalue weighted by atomic mass is 79.9. The summed E-state index contributed by atoms with van der Waals surface area (Å²) in [5, 5.41) is 7.24. The van der Waals surface area contributed by atoms with Crippen molar-refractivity contribution >= 4 is 33.1 Å². The second-order valence-electron chi connectivity index (χ2n) is 9.84. The van der Waals surface area contributed by atoms with Crippen LogP contribution in [0, 0.1) is 5.92 Å². The van der Waals surface area contributed by atoms with E-state index < -0.39 is 0 Å². The predicted octanol–water partition coefficient (Wildman–Crippen LogP) is 7.47. The molecule has 186 valence electrons. The summed E-state index contributed by atoms with van der Waals surface area (Å²) in [7, 11) is 1.65. The van der Waals surface area contributed by atoms with E-state index in [0.717, 1.165) is 56.2 Å². The summed E-state index contributed by atoms with van der Waals surface area (Å²) in [6, 6.07) is 22.1. The quantitative estimate of drug-likeness (QED) is 0.335. The predicted molar refractivity (Wildman–Crippen MR) is 148 cm³/mol. The van der Waals surface area contributed by atoms with Crippen molar-refractivity contribution in [3.05, 3.63) is 93.6 Å². The number of Topliss-reactive ketones (excluding diaryl/α,β-unsaturated/α-hetero) is 1. The third kappa shape index (κ3) is 5.00. The van der Waals surface area contributed by atoms with E-state index in [-0.39, 0.29) is 17.7 Å². The van der Waals surface area contributed by atoms with Crippen molar-refractivity contribution in [2.24, 2.45) is 5.92 Å². The zero-order valence-corrected chi connectivity index (χ0v) is 22.4. The molecule has 0 saturated heterocycles. The van der Waals surface area contributed by atoms with Gasteiger partial charge in [0.25, 0.3) is 0 Å². The number of benzene rings is 3. The molecule has 1 aliphatic carbocycles. The van der Waals surface area contributed by atoms with Gasteiger partial charge in [-0.25, -0.2) is 0 Å². The van der Waals surface area contributed by atoms with Gasteiger partial charge in [-0.3, -0.25) is 4.79 Å². The van der Waals surface area contributed by atoms with Gasteiger partial charge in [-0.1, -0.05) is 44.2 Å². The molecule has 0 aromatic heterocycles. The number of fused-ring (bicyclic) bond motifs is 1. The summed E-state index contributed by atoms with van der Waals surface area (Å²) in [5.74, 6) is 2.37. The van der Waals surface area contributed by atoms with E-state index in [1.165, 1.54) is 0 Å². The summed E-state index contributed by atoms with van der Waals surface area (Å²) in [6.45, 7) is 4.96. The lowest BCUT2D eigenvalue weighted by molar-refractivity contribution is -0.116. The molecule has 2 aliphatic rings. The second-order valence-corrected chi connectivity index (χ2v) is 10.7. The van der Waals surface area contributed by atoms with Crippen molar-refractivity contribution in [2.75, 3.05) is 24.4 Å². The van der Waals surface area contributed by atoms with Crippen LogP contribution in [0.1, 0.15) is 49.8 Å². The summed E-state index contributed by atoms with van der Waals surface area (Å²) in [4.78, 5) is 13.8. The number of ether oxygens (including phenoxy) is 2. The van der Waals surface area contributed by atoms with Crippen LogP contribution in [0.15, 0.2) is 82.5 Å². The van der Waals surface area contributed by atoms with Crippen molar-refractivity contribution in [3.8, 4) is 11.5 Å². The number of para-hydroxylation sites is 2. The molecule has 6 heteroatoms. The Kier molecular flexibility index (Phi) is 7.06. The molecule has 0 fully saturated rings. The van der Waals surface area contributed by atoms with E-state index >= 15 is 0 Å². The van der Waals surface area contributed by atoms with Crippen molar-refractivity contribution < 1.29 is 14.3 Å². The van der Waals surface area contributed by atoms with Gasteiger partial charge in [-0.05, 0) is 81.7 Å². The highest BCUT2D eigenvalue weighted by Crippen LogP contribution is 2.45. The first kappa shape index (κ1) is 24.4. The average Bonchev–Trinajstić information content (AvgIpc) is 3.04. The SMILES string of the molecule is COc1ccc(C2Nc3ccccc3NC3=C2C(=O)CC(c2ccc(OCC(C)C)cc2)C3)cc1Br. The van der Waals surface area contributed by atoms with E-state index in [0.29, 0.717) is 18.9 Å². The highest BCUT2D eigenvalue weighted by Gasteiger charge is 2.36. The van der Waals surface area contributed by atoms with Gasteiger partial charge in [0.05, 0.1) is 35.6 Å². The number of nitrogens with one attached hydrogen (secondary N) is 2. The normalized spacial score (nSPS) is 19.1. The topological polar surface area (TPSA) is 59.6 Å². The minimum absolute atomic E-state index is 0.108. The van der Waals surface area contributed by atoms with Crippen LogP contribution in [0.3, 0.4) is 0 Å². The maximum Gasteiger partial charge on any atom is 0.163 e. The fourth-order valence-electron chi connectivity index (χ4n) is 4.94. The molecule has 5 rings (SSSR count). The number of anilines is 2. The van der Waals surface area contributed by atoms with Gasteiger partial charge in [0.1, 0.15) is 11.5 Å². The van der Waals surface area contributed by atoms with Crippen molar-refractivity contribution in [1.82, 2.24) is 0 Å². The number of ketones is 1. The zero-order chi connectivity index (χ0) is 25.2. The van der Waals surface area contributed by atoms with E-state index in [1.54, 1.807) is 7.11 Å². The van der Waals surface area contributed by atoms with E-state index in [9.17, 15) is 4.79 Å². The number of hydrogen-bond donors (Lipinski definition) is 2. The Morgan fingerprint density at radius 1 is 0.972 bits per heavy atom. The standard InChI is InChI=1S/C30H31BrN2O3/c1-18(2)17-36-22-11-8-19(9-12-22)21-15-26-29(27(34)16-21)30(20-10-13-28(35-3)23(31)14-20)33-25-7-5-4-6-24(25)32-26/h4-14,18,21,30,32-33H,15-17H2,1-3H3. The Morgan fingerprint density at radius 2 is 1.69 bits per heavy atom. The van der Waals surface area contributed by atoms with Crippen LogP contribution < -0.4 is 20.1 Å². The minimum atomic E-state index is -0.265. The lowest BCUT2D eigenvalue weighted by Crippen LogP contribution is -2.26. The number of hydrogen-bond acceptors (Lipinski definition) is 5. The van der Waals surface area contributed by atoms with Crippen LogP contribution in [0.2, 0.25) is 0 Å². The molecule has 0 saturated carbocycles. The average molecular weight is 547 g/mol. The molecule has 0 bridgehead atoms. The zero-order valence-electron chi connectivity index (χ0n) is 20.8. The number of carbonyl (C=O) groups excluding carboxylic acids is 1. The molecule has 0 amide bonds. The van der Waals surface area contributed by atoms with Gasteiger partial charge < -0.3 is 20.1 Å². The molecule has 36 heavy (non-hydrogen) atoms. The lowest BCUT2D eigenvalue weighted by atomic mass is 9.78. The smallest absolute Gasteiger partial charge is 0.163 e. The van der Waals surface area contributed by atoms with Crippen LogP contribution in [-0.4, -0.2) is 19.5 Å². The Balaban J connectivity index is 1.49. The maximum absolute atomic E-state index is 13.8. The van der Waals surface area contributed by atoms with Crippen LogP contribution in [0.4, 0.5) is 11.4 Å². The van der Waals surface area contributed by atoms with Gasteiger partial charge in [0.15, 0.2) is 5.78 Å². The summed E-state index contributed by atoms with van der Waals surface area (Å²) < 4.78 is 12.1. The molecule has 1 heterocycles. The van der Waals surface area contributed by atoms with Gasteiger partial charge in [0, 0.05) is 17.7 Å². The van der Waals surface area contributed by atoms with Gasteiger partial charge in [-0.15, -0.1) is 0 Å². The van der Waals surface area contributed by atoms with E-state index in [1.807, 2.05) is 54.6 Å². The molecule has 3 aromatic carbocycles. The molecule has 0 radical (unpaired) electrons. The molecular weight excluding hydrogens is 516 g/mol. The summed E-state index contributed by atoms with van der Waals surface area (Å²) in [5.41, 5.74) is 5.89. The number of rotatable bonds is 6. The van der Waals surface area contributed by atoms with Gasteiger partial charge >= 0.3 is 0 Å². The Morgan fingerprint density at radius 3 is 2.39 bits per heavy atom. The Labute approximate surface area is 221 Å². The monoisotopic (exact) mass is 546 g/mol. The van der Waals surface area contributed by atoms with E-state index in [4.69, 9.17) is 9.47 Å². The largest absolute Gasteiger partial charge is 0.496 e. The van der Waals surface area contributed by atoms with Crippen LogP contribution in [0.25, 0.3) is 0 Å². The summed E-state index contributed by atoms with van der Waals surface area (Å²) >= 11 is 3.61. The second kappa shape index (κ2) is 10.4. The molecule has 5 nitrogen and oxygen atoms in total. The molecule has 2 N–H and O–H groups in total. The van der Waals surface area contributed by atoms with Gasteiger partial charge in [-0.2, -0.15) is 0 Å². The third-order valence-electron chi connectivity index (χ3n) is 6.75. The van der Waals surface area contributed by atoms with Crippen LogP contribution >= 0.6 is 15.9 Å². The fraction of sp³-hybridized carbons (Fsp3) is 0.300. The number of methoxy groups -OCH3 is 1. The van der Waals surface area contributed by atoms with E-state index in [2.05, 4.69) is 52.5 Å². The number of halogens is 1. The highest BCUT2D eigenvalue weighted by molar-refractivity contribution is 9.10. The van der Waals surface area contributed by atoms with Crippen molar-refractivity contribution in [2.45, 2.75) is 38.6 Å². The molecule has 2 unspecified atom stereocenters. The Bertz CT molecular complexity index is 1300. The van der Waals surface area contributed by atoms with Gasteiger partial charge in [0.2, 0.25) is 0 Å². The van der Waals surface area contributed by atoms with Crippen molar-refractivity contribution in [3.63, 3.8) is 0 Å². The first-order valence-corrected chi connectivity index (χ1v) is 13.2. The molecule has 2 atom stereocenters. The first-order chi connectivity index (χ1) is 17.4. The van der Waals surface area contributed by atoms with Crippen LogP contribution in [0.5, 0.6) is 11.5 Å². The third-order valence-corrected chi connectivity index (χ3v) is 7.37. The minimum Gasteiger partial charge on any atom is -0.496 e. The fourth-order valence-corrected chi connectivity index (χ4v) is 5.50. The molecule has 0 spiro atoms.